The van der Waals surface area contributed by atoms with Crippen molar-refractivity contribution in [1.29, 1.82) is 0 Å². The van der Waals surface area contributed by atoms with E-state index in [0.29, 0.717) is 0 Å². The fraction of sp³-hybridized carbons (Fsp3) is 0.500. The van der Waals surface area contributed by atoms with Crippen molar-refractivity contribution in [2.45, 2.75) is 32.2 Å². The first-order chi connectivity index (χ1) is 13.2. The monoisotopic (exact) mass is 367 g/mol. The van der Waals surface area contributed by atoms with Crippen molar-refractivity contribution < 1.29 is 4.79 Å². The van der Waals surface area contributed by atoms with Crippen LogP contribution in [0.5, 0.6) is 0 Å². The minimum Gasteiger partial charge on any atom is -0.341 e. The van der Waals surface area contributed by atoms with Gasteiger partial charge in [-0.15, -0.1) is 0 Å². The molecule has 0 aromatic carbocycles. The number of rotatable bonds is 3. The summed E-state index contributed by atoms with van der Waals surface area (Å²) < 4.78 is 1.47. The molecule has 2 aliphatic rings. The average molecular weight is 367 g/mol. The third kappa shape index (κ3) is 3.86. The number of amides is 1. The summed E-state index contributed by atoms with van der Waals surface area (Å²) >= 11 is 0. The zero-order valence-corrected chi connectivity index (χ0v) is 15.5. The second-order valence-corrected chi connectivity index (χ2v) is 7.62. The third-order valence-electron chi connectivity index (χ3n) is 5.88. The Bertz CT molecular complexity index is 843. The molecule has 1 spiro atoms. The molecule has 4 heterocycles. The Hall–Kier alpha value is -2.70. The van der Waals surface area contributed by atoms with Gasteiger partial charge < -0.3 is 14.4 Å². The molecular weight excluding hydrogens is 342 g/mol. The quantitative estimate of drug-likeness (QED) is 0.823. The predicted molar refractivity (Wildman–Crippen MR) is 102 cm³/mol. The minimum absolute atomic E-state index is 0.0252. The topological polar surface area (TPSA) is 71.3 Å². The molecule has 7 nitrogen and oxygen atoms in total. The summed E-state index contributed by atoms with van der Waals surface area (Å²) in [5.41, 5.74) is 0.0998. The van der Waals surface area contributed by atoms with Gasteiger partial charge in [0, 0.05) is 50.8 Å². The maximum atomic E-state index is 12.6. The van der Waals surface area contributed by atoms with Crippen LogP contribution in [-0.4, -0.2) is 51.5 Å². The molecule has 0 saturated carbocycles. The number of aromatic nitrogens is 3. The van der Waals surface area contributed by atoms with Crippen LogP contribution in [0.2, 0.25) is 0 Å². The highest BCUT2D eigenvalue weighted by atomic mass is 16.2. The minimum atomic E-state index is -0.134. The SMILES string of the molecule is O=C(Cn1ccccc1=O)N1CCC2(CCCN(c3ncccn3)C2)CC1. The molecule has 7 heteroatoms. The van der Waals surface area contributed by atoms with E-state index in [1.807, 2.05) is 11.0 Å². The van der Waals surface area contributed by atoms with E-state index in [4.69, 9.17) is 0 Å². The van der Waals surface area contributed by atoms with Crippen molar-refractivity contribution in [2.75, 3.05) is 31.1 Å². The number of nitrogens with zero attached hydrogens (tertiary/aromatic N) is 5. The number of pyridine rings is 1. The number of hydrogen-bond donors (Lipinski definition) is 0. The van der Waals surface area contributed by atoms with Crippen molar-refractivity contribution in [1.82, 2.24) is 19.4 Å². The molecule has 0 unspecified atom stereocenters. The van der Waals surface area contributed by atoms with Gasteiger partial charge in [-0.3, -0.25) is 9.59 Å². The molecule has 0 atom stereocenters. The summed E-state index contributed by atoms with van der Waals surface area (Å²) in [5, 5.41) is 0. The van der Waals surface area contributed by atoms with Crippen LogP contribution in [0.4, 0.5) is 5.95 Å². The molecule has 4 rings (SSSR count). The van der Waals surface area contributed by atoms with Crippen LogP contribution in [-0.2, 0) is 11.3 Å². The lowest BCUT2D eigenvalue weighted by Crippen LogP contribution is -2.51. The summed E-state index contributed by atoms with van der Waals surface area (Å²) in [7, 11) is 0. The van der Waals surface area contributed by atoms with Gasteiger partial charge in [0.1, 0.15) is 6.54 Å². The molecule has 142 valence electrons. The average Bonchev–Trinajstić information content (AvgIpc) is 2.71. The highest BCUT2D eigenvalue weighted by Gasteiger charge is 2.39. The number of piperidine rings is 2. The van der Waals surface area contributed by atoms with E-state index in [0.717, 1.165) is 51.4 Å². The first-order valence-corrected chi connectivity index (χ1v) is 9.61. The van der Waals surface area contributed by atoms with Crippen LogP contribution >= 0.6 is 0 Å². The number of anilines is 1. The van der Waals surface area contributed by atoms with Gasteiger partial charge in [-0.25, -0.2) is 9.97 Å². The second-order valence-electron chi connectivity index (χ2n) is 7.62. The van der Waals surface area contributed by atoms with Gasteiger partial charge in [-0.05, 0) is 43.2 Å². The summed E-state index contributed by atoms with van der Waals surface area (Å²) in [6, 6.07) is 6.80. The molecule has 2 aromatic heterocycles. The van der Waals surface area contributed by atoms with E-state index in [2.05, 4.69) is 14.9 Å². The molecule has 0 aliphatic carbocycles. The van der Waals surface area contributed by atoms with Gasteiger partial charge in [-0.1, -0.05) is 6.07 Å². The molecule has 2 aliphatic heterocycles. The Morgan fingerprint density at radius 1 is 1.04 bits per heavy atom. The number of hydrogen-bond acceptors (Lipinski definition) is 5. The highest BCUT2D eigenvalue weighted by molar-refractivity contribution is 5.76. The smallest absolute Gasteiger partial charge is 0.250 e. The Morgan fingerprint density at radius 2 is 1.81 bits per heavy atom. The highest BCUT2D eigenvalue weighted by Crippen LogP contribution is 2.40. The van der Waals surface area contributed by atoms with Crippen LogP contribution in [0.15, 0.2) is 47.7 Å². The van der Waals surface area contributed by atoms with Crippen molar-refractivity contribution in [3.05, 3.63) is 53.2 Å². The van der Waals surface area contributed by atoms with Crippen LogP contribution in [0.25, 0.3) is 0 Å². The van der Waals surface area contributed by atoms with E-state index in [9.17, 15) is 9.59 Å². The van der Waals surface area contributed by atoms with Crippen molar-refractivity contribution in [3.63, 3.8) is 0 Å². The second kappa shape index (κ2) is 7.50. The molecule has 27 heavy (non-hydrogen) atoms. The molecule has 2 aromatic rings. The lowest BCUT2D eigenvalue weighted by Gasteiger charge is -2.47. The van der Waals surface area contributed by atoms with Crippen molar-refractivity contribution in [2.24, 2.45) is 5.41 Å². The van der Waals surface area contributed by atoms with Gasteiger partial charge >= 0.3 is 0 Å². The number of carbonyl (C=O) groups excluding carboxylic acids is 1. The Kier molecular flexibility index (Phi) is 4.92. The number of likely N-dealkylation sites (tertiary alicyclic amines) is 1. The largest absolute Gasteiger partial charge is 0.341 e. The first-order valence-electron chi connectivity index (χ1n) is 9.61. The summed E-state index contributed by atoms with van der Waals surface area (Å²) in [5.74, 6) is 0.829. The molecule has 2 fully saturated rings. The first kappa shape index (κ1) is 17.7. The predicted octanol–water partition coefficient (Wildman–Crippen LogP) is 1.55. The van der Waals surface area contributed by atoms with E-state index in [1.54, 1.807) is 30.7 Å². The lowest BCUT2D eigenvalue weighted by molar-refractivity contribution is -0.134. The van der Waals surface area contributed by atoms with Gasteiger partial charge in [0.2, 0.25) is 11.9 Å². The summed E-state index contributed by atoms with van der Waals surface area (Å²) in [6.45, 7) is 3.58. The van der Waals surface area contributed by atoms with Crippen LogP contribution in [0.3, 0.4) is 0 Å². The van der Waals surface area contributed by atoms with Gasteiger partial charge in [-0.2, -0.15) is 0 Å². The fourth-order valence-electron chi connectivity index (χ4n) is 4.31. The molecule has 1 amide bonds. The van der Waals surface area contributed by atoms with Crippen molar-refractivity contribution in [3.8, 4) is 0 Å². The molecule has 0 radical (unpaired) electrons. The number of carbonyl (C=O) groups is 1. The van der Waals surface area contributed by atoms with E-state index >= 15 is 0 Å². The van der Waals surface area contributed by atoms with E-state index in [1.165, 1.54) is 17.1 Å². The standard InChI is InChI=1S/C20H25N5O2/c26-17-5-1-2-11-24(17)15-18(27)23-13-7-20(8-14-23)6-3-12-25(16-20)19-21-9-4-10-22-19/h1-2,4-5,9-11H,3,6-8,12-16H2. The lowest BCUT2D eigenvalue weighted by atomic mass is 9.72. The zero-order valence-electron chi connectivity index (χ0n) is 15.5. The van der Waals surface area contributed by atoms with E-state index in [-0.39, 0.29) is 23.4 Å². The van der Waals surface area contributed by atoms with E-state index < -0.39 is 0 Å². The Balaban J connectivity index is 1.37. The maximum Gasteiger partial charge on any atom is 0.250 e. The van der Waals surface area contributed by atoms with Crippen LogP contribution in [0, 0.1) is 5.41 Å². The van der Waals surface area contributed by atoms with Crippen LogP contribution < -0.4 is 10.5 Å². The Labute approximate surface area is 158 Å². The molecular formula is C20H25N5O2. The molecule has 0 bridgehead atoms. The van der Waals surface area contributed by atoms with Crippen LogP contribution in [0.1, 0.15) is 25.7 Å². The Morgan fingerprint density at radius 3 is 2.56 bits per heavy atom. The normalized spacial score (nSPS) is 19.3. The summed E-state index contributed by atoms with van der Waals surface area (Å²) in [4.78, 5) is 37.4. The fourth-order valence-corrected chi connectivity index (χ4v) is 4.31. The van der Waals surface area contributed by atoms with Gasteiger partial charge in [0.15, 0.2) is 0 Å². The molecule has 0 N–H and O–H groups in total. The maximum absolute atomic E-state index is 12.6. The third-order valence-corrected chi connectivity index (χ3v) is 5.88. The van der Waals surface area contributed by atoms with Gasteiger partial charge in [0.05, 0.1) is 0 Å². The zero-order chi connectivity index (χ0) is 18.7. The summed E-state index contributed by atoms with van der Waals surface area (Å²) in [6.07, 6.45) is 9.55. The van der Waals surface area contributed by atoms with Gasteiger partial charge in [0.25, 0.3) is 5.56 Å². The molecule has 2 saturated heterocycles. The van der Waals surface area contributed by atoms with Crippen molar-refractivity contribution >= 4 is 11.9 Å².